The number of hydrogen-bond acceptors (Lipinski definition) is 2. The van der Waals surface area contributed by atoms with E-state index in [1.54, 1.807) is 24.3 Å². The Hall–Kier alpha value is -0.790. The summed E-state index contributed by atoms with van der Waals surface area (Å²) in [5.74, 6) is -0.0115. The van der Waals surface area contributed by atoms with Gasteiger partial charge in [0.05, 0.1) is 12.2 Å². The van der Waals surface area contributed by atoms with Crippen LogP contribution < -0.4 is 0 Å². The van der Waals surface area contributed by atoms with Crippen LogP contribution in [0.2, 0.25) is 0 Å². The van der Waals surface area contributed by atoms with Gasteiger partial charge in [0, 0.05) is 19.5 Å². The predicted molar refractivity (Wildman–Crippen MR) is 71.9 cm³/mol. The first-order chi connectivity index (χ1) is 9.14. The van der Waals surface area contributed by atoms with Crippen LogP contribution in [0, 0.1) is 0 Å². The van der Waals surface area contributed by atoms with Gasteiger partial charge in [-0.15, -0.1) is 11.6 Å². The molecule has 0 aliphatic rings. The molecule has 0 bridgehead atoms. The van der Waals surface area contributed by atoms with Gasteiger partial charge in [0.2, 0.25) is 10.0 Å². The van der Waals surface area contributed by atoms with Crippen molar-refractivity contribution in [1.82, 2.24) is 4.31 Å². The lowest BCUT2D eigenvalue weighted by Crippen LogP contribution is -2.31. The van der Waals surface area contributed by atoms with E-state index in [2.05, 4.69) is 0 Å². The van der Waals surface area contributed by atoms with Crippen molar-refractivity contribution in [3.05, 3.63) is 35.4 Å². The second-order valence-corrected chi connectivity index (χ2v) is 6.74. The fraction of sp³-hybridized carbons (Fsp3) is 0.500. The van der Waals surface area contributed by atoms with E-state index in [1.165, 1.54) is 0 Å². The first-order valence-electron chi connectivity index (χ1n) is 5.78. The van der Waals surface area contributed by atoms with Gasteiger partial charge in [-0.25, -0.2) is 12.7 Å². The van der Waals surface area contributed by atoms with Gasteiger partial charge in [0.15, 0.2) is 0 Å². The molecule has 0 spiro atoms. The minimum absolute atomic E-state index is 0.318. The summed E-state index contributed by atoms with van der Waals surface area (Å²) in [6, 6.07) is 6.58. The third-order valence-electron chi connectivity index (χ3n) is 2.71. The molecule has 0 atom stereocenters. The summed E-state index contributed by atoms with van der Waals surface area (Å²) in [7, 11) is -2.61. The van der Waals surface area contributed by atoms with E-state index in [1.807, 2.05) is 0 Å². The monoisotopic (exact) mass is 329 g/mol. The van der Waals surface area contributed by atoms with E-state index in [0.717, 1.165) is 16.9 Å². The van der Waals surface area contributed by atoms with E-state index < -0.39 is 29.2 Å². The second-order valence-electron chi connectivity index (χ2n) is 4.39. The average molecular weight is 330 g/mol. The molecule has 1 aromatic carbocycles. The van der Waals surface area contributed by atoms with E-state index in [9.17, 15) is 21.6 Å². The zero-order chi connectivity index (χ0) is 15.4. The van der Waals surface area contributed by atoms with E-state index in [4.69, 9.17) is 11.6 Å². The third-order valence-corrected chi connectivity index (χ3v) is 4.85. The number of alkyl halides is 4. The van der Waals surface area contributed by atoms with Crippen LogP contribution >= 0.6 is 11.6 Å². The quantitative estimate of drug-likeness (QED) is 0.752. The van der Waals surface area contributed by atoms with Gasteiger partial charge in [0.1, 0.15) is 0 Å². The predicted octanol–water partition coefficient (Wildman–Crippen LogP) is 3.14. The highest BCUT2D eigenvalue weighted by Gasteiger charge is 2.29. The Balaban J connectivity index is 2.68. The van der Waals surface area contributed by atoms with Crippen molar-refractivity contribution in [1.29, 1.82) is 0 Å². The fourth-order valence-electron chi connectivity index (χ4n) is 1.47. The molecule has 1 aromatic rings. The summed E-state index contributed by atoms with van der Waals surface area (Å²) in [5.41, 5.74) is 1.36. The Morgan fingerprint density at radius 1 is 1.15 bits per heavy atom. The van der Waals surface area contributed by atoms with Crippen LogP contribution in [0.15, 0.2) is 24.3 Å². The highest BCUT2D eigenvalue weighted by Crippen LogP contribution is 2.21. The molecule has 0 amide bonds. The summed E-state index contributed by atoms with van der Waals surface area (Å²) >= 11 is 5.61. The highest BCUT2D eigenvalue weighted by atomic mass is 35.5. The Morgan fingerprint density at radius 3 is 2.10 bits per heavy atom. The molecule has 114 valence electrons. The zero-order valence-electron chi connectivity index (χ0n) is 10.8. The molecular weight excluding hydrogens is 315 g/mol. The van der Waals surface area contributed by atoms with E-state index in [-0.39, 0.29) is 5.75 Å². The number of hydrogen-bond donors (Lipinski definition) is 0. The van der Waals surface area contributed by atoms with Crippen molar-refractivity contribution < 1.29 is 21.6 Å². The molecule has 0 saturated heterocycles. The van der Waals surface area contributed by atoms with Gasteiger partial charge in [-0.05, 0) is 11.1 Å². The van der Waals surface area contributed by atoms with Crippen LogP contribution in [0.1, 0.15) is 17.5 Å². The van der Waals surface area contributed by atoms with Crippen LogP contribution in [0.3, 0.4) is 0 Å². The average Bonchev–Trinajstić information content (AvgIpc) is 2.35. The maximum atomic E-state index is 12.1. The maximum Gasteiger partial charge on any atom is 0.390 e. The minimum Gasteiger partial charge on any atom is -0.212 e. The van der Waals surface area contributed by atoms with Crippen LogP contribution in [-0.2, 0) is 21.7 Å². The standard InChI is InChI=1S/C12H15ClF3NO2S/c1-17(7-6-12(14,15)16)20(18,19)9-11-4-2-10(8-13)3-5-11/h2-5H,6-9H2,1H3. The molecule has 3 nitrogen and oxygen atoms in total. The smallest absolute Gasteiger partial charge is 0.212 e. The number of rotatable bonds is 6. The summed E-state index contributed by atoms with van der Waals surface area (Å²) in [6.45, 7) is -0.578. The van der Waals surface area contributed by atoms with Crippen molar-refractivity contribution in [2.75, 3.05) is 13.6 Å². The van der Waals surface area contributed by atoms with Gasteiger partial charge in [-0.1, -0.05) is 24.3 Å². The lowest BCUT2D eigenvalue weighted by Gasteiger charge is -2.18. The Labute approximate surface area is 121 Å². The molecule has 20 heavy (non-hydrogen) atoms. The fourth-order valence-corrected chi connectivity index (χ4v) is 2.85. The van der Waals surface area contributed by atoms with Crippen LogP contribution in [0.5, 0.6) is 0 Å². The lowest BCUT2D eigenvalue weighted by molar-refractivity contribution is -0.135. The van der Waals surface area contributed by atoms with Gasteiger partial charge < -0.3 is 0 Å². The molecule has 0 aromatic heterocycles. The van der Waals surface area contributed by atoms with Gasteiger partial charge in [-0.3, -0.25) is 0 Å². The summed E-state index contributed by atoms with van der Waals surface area (Å²) in [6.07, 6.45) is -5.53. The van der Waals surface area contributed by atoms with Crippen molar-refractivity contribution in [3.8, 4) is 0 Å². The van der Waals surface area contributed by atoms with Gasteiger partial charge in [-0.2, -0.15) is 13.2 Å². The zero-order valence-corrected chi connectivity index (χ0v) is 12.4. The maximum absolute atomic E-state index is 12.1. The van der Waals surface area contributed by atoms with Crippen LogP contribution in [0.25, 0.3) is 0 Å². The molecule has 0 aliphatic heterocycles. The number of sulfonamides is 1. The van der Waals surface area contributed by atoms with Crippen molar-refractivity contribution in [2.24, 2.45) is 0 Å². The SMILES string of the molecule is CN(CCC(F)(F)F)S(=O)(=O)Cc1ccc(CCl)cc1. The van der Waals surface area contributed by atoms with Gasteiger partial charge in [0.25, 0.3) is 0 Å². The Kier molecular flexibility index (Phi) is 5.85. The summed E-state index contributed by atoms with van der Waals surface area (Å²) in [5, 5.41) is 0. The molecule has 0 radical (unpaired) electrons. The molecular formula is C12H15ClF3NO2S. The molecule has 0 saturated carbocycles. The number of halogens is 4. The first kappa shape index (κ1) is 17.3. The minimum atomic E-state index is -4.37. The number of benzene rings is 1. The first-order valence-corrected chi connectivity index (χ1v) is 7.93. The topological polar surface area (TPSA) is 37.4 Å². The van der Waals surface area contributed by atoms with E-state index in [0.29, 0.717) is 11.4 Å². The molecule has 0 N–H and O–H groups in total. The molecule has 1 rings (SSSR count). The Morgan fingerprint density at radius 2 is 1.65 bits per heavy atom. The molecule has 0 fully saturated rings. The molecule has 8 heteroatoms. The summed E-state index contributed by atoms with van der Waals surface area (Å²) in [4.78, 5) is 0. The lowest BCUT2D eigenvalue weighted by atomic mass is 10.2. The largest absolute Gasteiger partial charge is 0.390 e. The van der Waals surface area contributed by atoms with E-state index >= 15 is 0 Å². The van der Waals surface area contributed by atoms with Crippen LogP contribution in [-0.4, -0.2) is 32.5 Å². The van der Waals surface area contributed by atoms with Crippen molar-refractivity contribution in [2.45, 2.75) is 24.2 Å². The third kappa shape index (κ3) is 5.68. The number of nitrogens with zero attached hydrogens (tertiary/aromatic N) is 1. The van der Waals surface area contributed by atoms with Crippen LogP contribution in [0.4, 0.5) is 13.2 Å². The van der Waals surface area contributed by atoms with Crippen molar-refractivity contribution in [3.63, 3.8) is 0 Å². The highest BCUT2D eigenvalue weighted by molar-refractivity contribution is 7.88. The van der Waals surface area contributed by atoms with Crippen molar-refractivity contribution >= 4 is 21.6 Å². The van der Waals surface area contributed by atoms with Gasteiger partial charge >= 0.3 is 6.18 Å². The summed E-state index contributed by atoms with van der Waals surface area (Å²) < 4.78 is 60.8. The molecule has 0 unspecified atom stereocenters. The Bertz CT molecular complexity index is 529. The second kappa shape index (κ2) is 6.78. The normalized spacial score (nSPS) is 12.9. The molecule has 0 aliphatic carbocycles. The molecule has 0 heterocycles.